The standard InChI is InChI=1S/C22H31FN4O2/c23-19-6-4-18(5-7-19)16-21(28)26-10-8-24(9-11-26)17-22(29)27-14-12-25(13-15-27)20-2-1-3-20/h4-7,20H,1-3,8-17H2. The van der Waals surface area contributed by atoms with Gasteiger partial charge in [-0.05, 0) is 30.5 Å². The van der Waals surface area contributed by atoms with Crippen molar-refractivity contribution < 1.29 is 14.0 Å². The van der Waals surface area contributed by atoms with Gasteiger partial charge in [0.2, 0.25) is 11.8 Å². The van der Waals surface area contributed by atoms with Crippen molar-refractivity contribution in [3.8, 4) is 0 Å². The lowest BCUT2D eigenvalue weighted by atomic mass is 9.91. The van der Waals surface area contributed by atoms with E-state index < -0.39 is 0 Å². The van der Waals surface area contributed by atoms with Crippen LogP contribution in [0.15, 0.2) is 24.3 Å². The van der Waals surface area contributed by atoms with Gasteiger partial charge in [0.1, 0.15) is 5.82 Å². The van der Waals surface area contributed by atoms with Crippen LogP contribution in [0.3, 0.4) is 0 Å². The minimum Gasteiger partial charge on any atom is -0.340 e. The van der Waals surface area contributed by atoms with Gasteiger partial charge in [0.05, 0.1) is 13.0 Å². The minimum absolute atomic E-state index is 0.0645. The topological polar surface area (TPSA) is 47.1 Å². The highest BCUT2D eigenvalue weighted by Crippen LogP contribution is 2.25. The van der Waals surface area contributed by atoms with Crippen LogP contribution in [-0.2, 0) is 16.0 Å². The summed E-state index contributed by atoms with van der Waals surface area (Å²) in [6.07, 6.45) is 4.28. The molecule has 0 unspecified atom stereocenters. The van der Waals surface area contributed by atoms with Crippen LogP contribution >= 0.6 is 0 Å². The fourth-order valence-corrected chi connectivity index (χ4v) is 4.42. The van der Waals surface area contributed by atoms with Crippen LogP contribution in [0.25, 0.3) is 0 Å². The number of piperazine rings is 2. The summed E-state index contributed by atoms with van der Waals surface area (Å²) >= 11 is 0. The van der Waals surface area contributed by atoms with Crippen LogP contribution in [0, 0.1) is 5.82 Å². The number of carbonyl (C=O) groups excluding carboxylic acids is 2. The summed E-state index contributed by atoms with van der Waals surface area (Å²) in [5.41, 5.74) is 0.829. The highest BCUT2D eigenvalue weighted by Gasteiger charge is 2.30. The minimum atomic E-state index is -0.288. The quantitative estimate of drug-likeness (QED) is 0.743. The van der Waals surface area contributed by atoms with Gasteiger partial charge in [0.25, 0.3) is 0 Å². The number of rotatable bonds is 5. The Hall–Kier alpha value is -1.99. The fourth-order valence-electron chi connectivity index (χ4n) is 4.42. The number of nitrogens with zero attached hydrogens (tertiary/aromatic N) is 4. The van der Waals surface area contributed by atoms with Crippen LogP contribution in [0.5, 0.6) is 0 Å². The molecule has 0 radical (unpaired) electrons. The normalized spacial score (nSPS) is 21.8. The summed E-state index contributed by atoms with van der Waals surface area (Å²) in [6.45, 7) is 6.86. The molecule has 158 valence electrons. The second-order valence-corrected chi connectivity index (χ2v) is 8.46. The number of hydrogen-bond donors (Lipinski definition) is 0. The highest BCUT2D eigenvalue weighted by atomic mass is 19.1. The molecule has 1 saturated carbocycles. The molecule has 0 N–H and O–H groups in total. The summed E-state index contributed by atoms with van der Waals surface area (Å²) in [4.78, 5) is 33.7. The van der Waals surface area contributed by atoms with Crippen LogP contribution in [0.4, 0.5) is 4.39 Å². The van der Waals surface area contributed by atoms with E-state index in [2.05, 4.69) is 9.80 Å². The molecule has 0 bridgehead atoms. The molecule has 3 fully saturated rings. The largest absolute Gasteiger partial charge is 0.340 e. The van der Waals surface area contributed by atoms with Crippen molar-refractivity contribution in [2.45, 2.75) is 31.7 Å². The number of amides is 2. The van der Waals surface area contributed by atoms with Crippen LogP contribution < -0.4 is 0 Å². The predicted molar refractivity (Wildman–Crippen MR) is 109 cm³/mol. The Bertz CT molecular complexity index is 706. The molecule has 2 heterocycles. The summed E-state index contributed by atoms with van der Waals surface area (Å²) in [6, 6.07) is 6.85. The Kier molecular flexibility index (Phi) is 6.45. The first kappa shape index (κ1) is 20.3. The summed E-state index contributed by atoms with van der Waals surface area (Å²) in [7, 11) is 0. The highest BCUT2D eigenvalue weighted by molar-refractivity contribution is 5.79. The molecule has 29 heavy (non-hydrogen) atoms. The van der Waals surface area contributed by atoms with Crippen molar-refractivity contribution in [2.75, 3.05) is 58.9 Å². The molecule has 1 aliphatic carbocycles. The maximum atomic E-state index is 13.0. The Balaban J connectivity index is 1.17. The molecule has 0 aromatic heterocycles. The average Bonchev–Trinajstić information content (AvgIpc) is 2.69. The van der Waals surface area contributed by atoms with Gasteiger partial charge in [-0.3, -0.25) is 19.4 Å². The molecule has 1 aromatic carbocycles. The van der Waals surface area contributed by atoms with Gasteiger partial charge < -0.3 is 9.80 Å². The van der Waals surface area contributed by atoms with Gasteiger partial charge in [0.15, 0.2) is 0 Å². The van der Waals surface area contributed by atoms with Crippen LogP contribution in [0.1, 0.15) is 24.8 Å². The second kappa shape index (κ2) is 9.22. The van der Waals surface area contributed by atoms with E-state index in [4.69, 9.17) is 0 Å². The summed E-state index contributed by atoms with van der Waals surface area (Å²) < 4.78 is 13.0. The van der Waals surface area contributed by atoms with Gasteiger partial charge in [-0.2, -0.15) is 0 Å². The summed E-state index contributed by atoms with van der Waals surface area (Å²) in [5, 5.41) is 0. The molecule has 1 aromatic rings. The van der Waals surface area contributed by atoms with Gasteiger partial charge in [-0.1, -0.05) is 18.6 Å². The monoisotopic (exact) mass is 402 g/mol. The molecule has 7 heteroatoms. The Morgan fingerprint density at radius 1 is 0.828 bits per heavy atom. The van der Waals surface area contributed by atoms with E-state index in [9.17, 15) is 14.0 Å². The maximum absolute atomic E-state index is 13.0. The van der Waals surface area contributed by atoms with E-state index >= 15 is 0 Å². The lowest BCUT2D eigenvalue weighted by Crippen LogP contribution is -2.56. The smallest absolute Gasteiger partial charge is 0.236 e. The third kappa shape index (κ3) is 5.14. The van der Waals surface area contributed by atoms with Crippen molar-refractivity contribution in [2.24, 2.45) is 0 Å². The first-order valence-electron chi connectivity index (χ1n) is 10.8. The van der Waals surface area contributed by atoms with E-state index in [1.165, 1.54) is 31.4 Å². The van der Waals surface area contributed by atoms with Gasteiger partial charge in [-0.25, -0.2) is 4.39 Å². The van der Waals surface area contributed by atoms with Crippen molar-refractivity contribution in [1.29, 1.82) is 0 Å². The van der Waals surface area contributed by atoms with E-state index in [0.29, 0.717) is 26.1 Å². The van der Waals surface area contributed by atoms with Crippen molar-refractivity contribution >= 4 is 11.8 Å². The average molecular weight is 403 g/mol. The molecule has 2 saturated heterocycles. The van der Waals surface area contributed by atoms with Crippen molar-refractivity contribution in [1.82, 2.24) is 19.6 Å². The van der Waals surface area contributed by atoms with E-state index in [1.54, 1.807) is 12.1 Å². The third-order valence-electron chi connectivity index (χ3n) is 6.61. The molecular weight excluding hydrogens is 371 g/mol. The molecule has 0 spiro atoms. The number of benzene rings is 1. The Morgan fingerprint density at radius 2 is 1.41 bits per heavy atom. The number of carbonyl (C=O) groups is 2. The fraction of sp³-hybridized carbons (Fsp3) is 0.636. The molecule has 0 atom stereocenters. The maximum Gasteiger partial charge on any atom is 0.236 e. The molecule has 4 rings (SSSR count). The van der Waals surface area contributed by atoms with Crippen molar-refractivity contribution in [3.63, 3.8) is 0 Å². The number of hydrogen-bond acceptors (Lipinski definition) is 4. The van der Waals surface area contributed by atoms with Gasteiger partial charge >= 0.3 is 0 Å². The molecule has 3 aliphatic rings. The zero-order valence-electron chi connectivity index (χ0n) is 17.1. The van der Waals surface area contributed by atoms with E-state index in [0.717, 1.165) is 50.9 Å². The first-order chi connectivity index (χ1) is 14.1. The summed E-state index contributed by atoms with van der Waals surface area (Å²) in [5.74, 6) is -0.0111. The van der Waals surface area contributed by atoms with Crippen molar-refractivity contribution in [3.05, 3.63) is 35.6 Å². The Morgan fingerprint density at radius 3 is 2.00 bits per heavy atom. The second-order valence-electron chi connectivity index (χ2n) is 8.46. The third-order valence-corrected chi connectivity index (χ3v) is 6.61. The lowest BCUT2D eigenvalue weighted by Gasteiger charge is -2.43. The lowest BCUT2D eigenvalue weighted by molar-refractivity contribution is -0.136. The predicted octanol–water partition coefficient (Wildman–Crippen LogP) is 1.21. The molecule has 6 nitrogen and oxygen atoms in total. The van der Waals surface area contributed by atoms with Gasteiger partial charge in [0, 0.05) is 58.4 Å². The SMILES string of the molecule is O=C(Cc1ccc(F)cc1)N1CCN(CC(=O)N2CCN(C3CCC3)CC2)CC1. The molecule has 2 amide bonds. The Labute approximate surface area is 172 Å². The zero-order chi connectivity index (χ0) is 20.2. The first-order valence-corrected chi connectivity index (χ1v) is 10.8. The van der Waals surface area contributed by atoms with Gasteiger partial charge in [-0.15, -0.1) is 0 Å². The zero-order valence-corrected chi connectivity index (χ0v) is 17.1. The molecular formula is C22H31FN4O2. The van der Waals surface area contributed by atoms with E-state index in [-0.39, 0.29) is 17.6 Å². The molecule has 2 aliphatic heterocycles. The number of halogens is 1. The van der Waals surface area contributed by atoms with Crippen LogP contribution in [-0.4, -0.2) is 96.4 Å². The van der Waals surface area contributed by atoms with Crippen LogP contribution in [0.2, 0.25) is 0 Å². The van der Waals surface area contributed by atoms with E-state index in [1.807, 2.05) is 9.80 Å².